The van der Waals surface area contributed by atoms with Gasteiger partial charge in [-0.25, -0.2) is 4.39 Å². The zero-order valence-electron chi connectivity index (χ0n) is 5.30. The van der Waals surface area contributed by atoms with Crippen LogP contribution in [0.4, 0.5) is 30.7 Å². The molecule has 0 saturated heterocycles. The van der Waals surface area contributed by atoms with Gasteiger partial charge in [0, 0.05) is 0 Å². The Hall–Kier alpha value is -0.530. The van der Waals surface area contributed by atoms with Crippen molar-refractivity contribution in [2.75, 3.05) is 6.67 Å². The van der Waals surface area contributed by atoms with Gasteiger partial charge in [0.25, 0.3) is 5.60 Å². The highest BCUT2D eigenvalue weighted by atomic mass is 19.4. The summed E-state index contributed by atoms with van der Waals surface area (Å²) in [6.45, 7) is -2.94. The van der Waals surface area contributed by atoms with Crippen molar-refractivity contribution in [1.82, 2.24) is 0 Å². The van der Waals surface area contributed by atoms with Crippen LogP contribution in [0.3, 0.4) is 0 Å². The molecule has 12 heavy (non-hydrogen) atoms. The summed E-state index contributed by atoms with van der Waals surface area (Å²) in [5.74, 6) is 0. The van der Waals surface area contributed by atoms with E-state index in [1.165, 1.54) is 0 Å². The zero-order chi connectivity index (χ0) is 10.2. The van der Waals surface area contributed by atoms with E-state index in [0.29, 0.717) is 0 Å². The summed E-state index contributed by atoms with van der Waals surface area (Å²) in [4.78, 5) is 0. The van der Waals surface area contributed by atoms with E-state index >= 15 is 0 Å². The molecular weight excluding hydrogens is 197 g/mol. The summed E-state index contributed by atoms with van der Waals surface area (Å²) in [5, 5.41) is 7.87. The Kier molecular flexibility index (Phi) is 2.63. The SMILES string of the molecule is OC(CF)(C(F)(F)F)C(F)(F)F. The fraction of sp³-hybridized carbons (Fsp3) is 1.00. The highest BCUT2D eigenvalue weighted by Crippen LogP contribution is 2.43. The van der Waals surface area contributed by atoms with Crippen LogP contribution in [0.25, 0.3) is 0 Å². The second kappa shape index (κ2) is 2.75. The van der Waals surface area contributed by atoms with Crippen molar-refractivity contribution in [3.05, 3.63) is 0 Å². The maximum atomic E-state index is 11.4. The molecule has 0 aromatic heterocycles. The fourth-order valence-electron chi connectivity index (χ4n) is 0.312. The van der Waals surface area contributed by atoms with Gasteiger partial charge in [0.1, 0.15) is 6.67 Å². The predicted octanol–water partition coefficient (Wildman–Crippen LogP) is 1.81. The molecule has 0 atom stereocenters. The lowest BCUT2D eigenvalue weighted by Crippen LogP contribution is -2.58. The third kappa shape index (κ3) is 1.62. The number of alkyl halides is 7. The van der Waals surface area contributed by atoms with Gasteiger partial charge in [-0.05, 0) is 0 Å². The summed E-state index contributed by atoms with van der Waals surface area (Å²) < 4.78 is 79.7. The van der Waals surface area contributed by atoms with E-state index < -0.39 is 24.6 Å². The number of rotatable bonds is 1. The molecule has 0 rings (SSSR count). The summed E-state index contributed by atoms with van der Waals surface area (Å²) in [6.07, 6.45) is -12.1. The minimum absolute atomic E-state index is 2.94. The Morgan fingerprint density at radius 2 is 1.08 bits per heavy atom. The molecule has 0 heterocycles. The summed E-state index contributed by atoms with van der Waals surface area (Å²) in [6, 6.07) is 0. The van der Waals surface area contributed by atoms with Crippen molar-refractivity contribution in [3.63, 3.8) is 0 Å². The van der Waals surface area contributed by atoms with Crippen molar-refractivity contribution in [2.45, 2.75) is 18.0 Å². The molecule has 8 heteroatoms. The first-order chi connectivity index (χ1) is 5.06. The minimum Gasteiger partial charge on any atom is -0.372 e. The molecule has 0 aromatic carbocycles. The molecule has 0 aliphatic carbocycles. The predicted molar refractivity (Wildman–Crippen MR) is 23.0 cm³/mol. The van der Waals surface area contributed by atoms with Gasteiger partial charge in [0.2, 0.25) is 0 Å². The smallest absolute Gasteiger partial charge is 0.372 e. The molecule has 0 unspecified atom stereocenters. The Labute approximate surface area is 61.8 Å². The molecule has 1 nitrogen and oxygen atoms in total. The topological polar surface area (TPSA) is 20.2 Å². The monoisotopic (exact) mass is 200 g/mol. The lowest BCUT2D eigenvalue weighted by molar-refractivity contribution is -0.370. The molecule has 0 bridgehead atoms. The quantitative estimate of drug-likeness (QED) is 0.640. The van der Waals surface area contributed by atoms with Crippen molar-refractivity contribution >= 4 is 0 Å². The zero-order valence-corrected chi connectivity index (χ0v) is 5.30. The number of aliphatic hydroxyl groups is 1. The molecular formula is C4H3F7O. The molecule has 1 N–H and O–H groups in total. The number of hydrogen-bond donors (Lipinski definition) is 1. The lowest BCUT2D eigenvalue weighted by Gasteiger charge is -2.29. The first-order valence-electron chi connectivity index (χ1n) is 2.48. The molecule has 0 aliphatic heterocycles. The summed E-state index contributed by atoms with van der Waals surface area (Å²) in [7, 11) is 0. The molecule has 0 radical (unpaired) electrons. The van der Waals surface area contributed by atoms with Gasteiger partial charge in [-0.15, -0.1) is 0 Å². The summed E-state index contributed by atoms with van der Waals surface area (Å²) in [5.41, 5.74) is -5.25. The van der Waals surface area contributed by atoms with E-state index in [-0.39, 0.29) is 0 Å². The van der Waals surface area contributed by atoms with E-state index in [1.54, 1.807) is 0 Å². The molecule has 0 fully saturated rings. The van der Waals surface area contributed by atoms with Crippen LogP contribution in [0.5, 0.6) is 0 Å². The van der Waals surface area contributed by atoms with Gasteiger partial charge in [-0.2, -0.15) is 26.3 Å². The normalized spacial score (nSPS) is 15.0. The average molecular weight is 200 g/mol. The average Bonchev–Trinajstić information content (AvgIpc) is 1.81. The highest BCUT2D eigenvalue weighted by molar-refractivity contribution is 4.93. The van der Waals surface area contributed by atoms with Gasteiger partial charge in [0.15, 0.2) is 0 Å². The van der Waals surface area contributed by atoms with Crippen LogP contribution in [0.15, 0.2) is 0 Å². The number of halogens is 7. The minimum atomic E-state index is -6.06. The Morgan fingerprint density at radius 1 is 0.833 bits per heavy atom. The first-order valence-corrected chi connectivity index (χ1v) is 2.48. The van der Waals surface area contributed by atoms with Crippen LogP contribution in [-0.2, 0) is 0 Å². The van der Waals surface area contributed by atoms with Crippen molar-refractivity contribution in [1.29, 1.82) is 0 Å². The van der Waals surface area contributed by atoms with E-state index in [4.69, 9.17) is 5.11 Å². The lowest BCUT2D eigenvalue weighted by atomic mass is 10.1. The molecule has 74 valence electrons. The Balaban J connectivity index is 4.95. The van der Waals surface area contributed by atoms with Crippen molar-refractivity contribution in [3.8, 4) is 0 Å². The summed E-state index contributed by atoms with van der Waals surface area (Å²) >= 11 is 0. The van der Waals surface area contributed by atoms with Gasteiger partial charge in [0.05, 0.1) is 0 Å². The highest BCUT2D eigenvalue weighted by Gasteiger charge is 2.70. The number of hydrogen-bond acceptors (Lipinski definition) is 1. The molecule has 0 spiro atoms. The third-order valence-corrected chi connectivity index (χ3v) is 1.13. The van der Waals surface area contributed by atoms with Crippen molar-refractivity contribution < 1.29 is 35.8 Å². The second-order valence-corrected chi connectivity index (χ2v) is 1.99. The van der Waals surface area contributed by atoms with Gasteiger partial charge in [-0.1, -0.05) is 0 Å². The van der Waals surface area contributed by atoms with Crippen LogP contribution >= 0.6 is 0 Å². The Morgan fingerprint density at radius 3 is 1.08 bits per heavy atom. The maximum absolute atomic E-state index is 11.4. The molecule has 0 amide bonds. The van der Waals surface area contributed by atoms with Crippen LogP contribution in [0, 0.1) is 0 Å². The van der Waals surface area contributed by atoms with Crippen molar-refractivity contribution in [2.24, 2.45) is 0 Å². The van der Waals surface area contributed by atoms with Crippen LogP contribution < -0.4 is 0 Å². The van der Waals surface area contributed by atoms with Crippen LogP contribution in [-0.4, -0.2) is 29.7 Å². The third-order valence-electron chi connectivity index (χ3n) is 1.13. The van der Waals surface area contributed by atoms with Gasteiger partial charge < -0.3 is 5.11 Å². The molecule has 0 aromatic rings. The molecule has 0 saturated carbocycles. The standard InChI is InChI=1S/C4H3F7O/c5-1-2(12,3(6,7)8)4(9,10)11/h12H,1H2. The van der Waals surface area contributed by atoms with Crippen LogP contribution in [0.2, 0.25) is 0 Å². The van der Waals surface area contributed by atoms with E-state index in [2.05, 4.69) is 0 Å². The largest absolute Gasteiger partial charge is 0.428 e. The Bertz CT molecular complexity index is 142. The van der Waals surface area contributed by atoms with Gasteiger partial charge >= 0.3 is 12.4 Å². The fourth-order valence-corrected chi connectivity index (χ4v) is 0.312. The van der Waals surface area contributed by atoms with Crippen LogP contribution in [0.1, 0.15) is 0 Å². The molecule has 0 aliphatic rings. The maximum Gasteiger partial charge on any atom is 0.428 e. The van der Waals surface area contributed by atoms with E-state index in [1.807, 2.05) is 0 Å². The second-order valence-electron chi connectivity index (χ2n) is 1.99. The van der Waals surface area contributed by atoms with E-state index in [9.17, 15) is 30.7 Å². The van der Waals surface area contributed by atoms with Gasteiger partial charge in [-0.3, -0.25) is 0 Å². The van der Waals surface area contributed by atoms with E-state index in [0.717, 1.165) is 0 Å². The first kappa shape index (κ1) is 11.5.